The highest BCUT2D eigenvalue weighted by Crippen LogP contribution is 2.27. The van der Waals surface area contributed by atoms with Gasteiger partial charge in [0, 0.05) is 24.2 Å². The molecule has 1 amide bonds. The average molecular weight is 407 g/mol. The van der Waals surface area contributed by atoms with Crippen LogP contribution in [0.3, 0.4) is 0 Å². The molecule has 0 saturated heterocycles. The maximum atomic E-state index is 12.4. The van der Waals surface area contributed by atoms with Gasteiger partial charge in [-0.05, 0) is 18.6 Å². The summed E-state index contributed by atoms with van der Waals surface area (Å²) < 4.78 is 30.5. The van der Waals surface area contributed by atoms with E-state index in [2.05, 4.69) is 5.32 Å². The maximum Gasteiger partial charge on any atom is 0.271 e. The normalized spacial score (nSPS) is 11.0. The molecule has 0 fully saturated rings. The summed E-state index contributed by atoms with van der Waals surface area (Å²) in [5.41, 5.74) is 1.05. The van der Waals surface area contributed by atoms with Gasteiger partial charge in [0.25, 0.3) is 5.69 Å². The molecule has 0 spiro atoms. The molecule has 2 aromatic rings. The van der Waals surface area contributed by atoms with Crippen LogP contribution in [0, 0.1) is 17.0 Å². The van der Waals surface area contributed by atoms with Crippen LogP contribution in [0.1, 0.15) is 11.1 Å². The van der Waals surface area contributed by atoms with Crippen LogP contribution in [0.2, 0.25) is 0 Å². The fourth-order valence-electron chi connectivity index (χ4n) is 2.59. The first-order valence-corrected chi connectivity index (χ1v) is 10.1. The Morgan fingerprint density at radius 1 is 1.25 bits per heavy atom. The first kappa shape index (κ1) is 21.2. The largest absolute Gasteiger partial charge is 0.496 e. The van der Waals surface area contributed by atoms with E-state index >= 15 is 0 Å². The lowest BCUT2D eigenvalue weighted by molar-refractivity contribution is -0.384. The van der Waals surface area contributed by atoms with Crippen molar-refractivity contribution in [2.75, 3.05) is 24.2 Å². The van der Waals surface area contributed by atoms with Crippen molar-refractivity contribution in [3.63, 3.8) is 0 Å². The van der Waals surface area contributed by atoms with Crippen molar-refractivity contribution >= 4 is 27.3 Å². The summed E-state index contributed by atoms with van der Waals surface area (Å²) in [4.78, 5) is 22.8. The van der Waals surface area contributed by atoms with Gasteiger partial charge in [-0.25, -0.2) is 8.42 Å². The molecule has 0 radical (unpaired) electrons. The number of non-ortho nitro benzene ring substituents is 1. The van der Waals surface area contributed by atoms with Crippen molar-refractivity contribution in [3.8, 4) is 5.75 Å². The number of methoxy groups -OCH3 is 1. The minimum absolute atomic E-state index is 0.0872. The van der Waals surface area contributed by atoms with Crippen LogP contribution in [0.5, 0.6) is 5.75 Å². The standard InChI is InChI=1S/C18H21N3O6S/c1-13-8-9-15(21(23)24)10-16(13)20(28(3,25)26)12-18(22)19-11-14-6-4-5-7-17(14)27-2/h4-10H,11-12H2,1-3H3,(H,19,22). The van der Waals surface area contributed by atoms with E-state index in [1.807, 2.05) is 0 Å². The quantitative estimate of drug-likeness (QED) is 0.528. The minimum atomic E-state index is -3.85. The molecule has 10 heteroatoms. The number of nitro benzene ring substituents is 1. The predicted molar refractivity (Wildman–Crippen MR) is 105 cm³/mol. The molecule has 0 aromatic heterocycles. The number of para-hydroxylation sites is 1. The zero-order chi connectivity index (χ0) is 20.9. The summed E-state index contributed by atoms with van der Waals surface area (Å²) in [6.45, 7) is 1.26. The molecule has 2 rings (SSSR count). The van der Waals surface area contributed by atoms with Gasteiger partial charge in [-0.1, -0.05) is 24.3 Å². The van der Waals surface area contributed by atoms with Crippen LogP contribution in [0.15, 0.2) is 42.5 Å². The number of nitrogens with zero attached hydrogens (tertiary/aromatic N) is 2. The number of aryl methyl sites for hydroxylation is 1. The lowest BCUT2D eigenvalue weighted by Gasteiger charge is -2.23. The van der Waals surface area contributed by atoms with Gasteiger partial charge < -0.3 is 10.1 Å². The molecule has 0 bridgehead atoms. The van der Waals surface area contributed by atoms with E-state index in [0.717, 1.165) is 22.2 Å². The van der Waals surface area contributed by atoms with Crippen LogP contribution in [0.25, 0.3) is 0 Å². The number of carbonyl (C=O) groups is 1. The molecule has 2 aromatic carbocycles. The van der Waals surface area contributed by atoms with E-state index in [4.69, 9.17) is 4.74 Å². The van der Waals surface area contributed by atoms with E-state index in [-0.39, 0.29) is 17.9 Å². The number of nitrogens with one attached hydrogen (secondary N) is 1. The zero-order valence-corrected chi connectivity index (χ0v) is 16.5. The molecule has 0 aliphatic carbocycles. The summed E-state index contributed by atoms with van der Waals surface area (Å²) in [5.74, 6) is 0.0412. The predicted octanol–water partition coefficient (Wildman–Crippen LogP) is 1.99. The number of anilines is 1. The van der Waals surface area contributed by atoms with Gasteiger partial charge >= 0.3 is 0 Å². The highest BCUT2D eigenvalue weighted by Gasteiger charge is 2.24. The van der Waals surface area contributed by atoms with Gasteiger partial charge in [0.05, 0.1) is 24.0 Å². The number of sulfonamides is 1. The second-order valence-electron chi connectivity index (χ2n) is 6.09. The van der Waals surface area contributed by atoms with Gasteiger partial charge in [0.2, 0.25) is 15.9 Å². The van der Waals surface area contributed by atoms with Crippen LogP contribution < -0.4 is 14.4 Å². The van der Waals surface area contributed by atoms with E-state index in [1.54, 1.807) is 31.2 Å². The van der Waals surface area contributed by atoms with Crippen molar-refractivity contribution in [3.05, 3.63) is 63.7 Å². The lowest BCUT2D eigenvalue weighted by Crippen LogP contribution is -2.40. The molecule has 0 saturated carbocycles. The molecule has 28 heavy (non-hydrogen) atoms. The Hall–Kier alpha value is -3.14. The smallest absolute Gasteiger partial charge is 0.271 e. The summed E-state index contributed by atoms with van der Waals surface area (Å²) in [7, 11) is -2.34. The second kappa shape index (κ2) is 8.70. The first-order chi connectivity index (χ1) is 13.1. The van der Waals surface area contributed by atoms with Crippen molar-refractivity contribution in [1.29, 1.82) is 0 Å². The second-order valence-corrected chi connectivity index (χ2v) is 7.99. The fraction of sp³-hybridized carbons (Fsp3) is 0.278. The van der Waals surface area contributed by atoms with Gasteiger partial charge in [0.1, 0.15) is 12.3 Å². The van der Waals surface area contributed by atoms with Gasteiger partial charge in [0.15, 0.2) is 0 Å². The molecular formula is C18H21N3O6S. The van der Waals surface area contributed by atoms with Crippen LogP contribution >= 0.6 is 0 Å². The number of hydrogen-bond acceptors (Lipinski definition) is 6. The monoisotopic (exact) mass is 407 g/mol. The average Bonchev–Trinajstić information content (AvgIpc) is 2.64. The Bertz CT molecular complexity index is 991. The maximum absolute atomic E-state index is 12.4. The third kappa shape index (κ3) is 5.19. The van der Waals surface area contributed by atoms with Crippen molar-refractivity contribution in [2.45, 2.75) is 13.5 Å². The van der Waals surface area contributed by atoms with Crippen molar-refractivity contribution in [2.24, 2.45) is 0 Å². The number of carbonyl (C=O) groups excluding carboxylic acids is 1. The van der Waals surface area contributed by atoms with Crippen molar-refractivity contribution < 1.29 is 22.9 Å². The van der Waals surface area contributed by atoms with Crippen LogP contribution in [-0.2, 0) is 21.4 Å². The van der Waals surface area contributed by atoms with Crippen LogP contribution in [0.4, 0.5) is 11.4 Å². The topological polar surface area (TPSA) is 119 Å². The zero-order valence-electron chi connectivity index (χ0n) is 15.7. The highest BCUT2D eigenvalue weighted by molar-refractivity contribution is 7.92. The van der Waals surface area contributed by atoms with Crippen LogP contribution in [-0.4, -0.2) is 39.2 Å². The molecule has 1 N–H and O–H groups in total. The molecule has 0 aliphatic heterocycles. The van der Waals surface area contributed by atoms with Crippen molar-refractivity contribution in [1.82, 2.24) is 5.32 Å². The molecule has 0 atom stereocenters. The Labute approximate surface area is 163 Å². The summed E-state index contributed by atoms with van der Waals surface area (Å²) >= 11 is 0. The number of amides is 1. The highest BCUT2D eigenvalue weighted by atomic mass is 32.2. The minimum Gasteiger partial charge on any atom is -0.496 e. The Kier molecular flexibility index (Phi) is 6.57. The van der Waals surface area contributed by atoms with Gasteiger partial charge in [-0.2, -0.15) is 0 Å². The SMILES string of the molecule is COc1ccccc1CNC(=O)CN(c1cc([N+](=O)[O-])ccc1C)S(C)(=O)=O. The summed E-state index contributed by atoms with van der Waals surface area (Å²) in [5, 5.41) is 13.7. The third-order valence-corrected chi connectivity index (χ3v) is 5.15. The molecule has 0 unspecified atom stereocenters. The third-order valence-electron chi connectivity index (χ3n) is 4.03. The summed E-state index contributed by atoms with van der Waals surface area (Å²) in [6.07, 6.45) is 0.943. The Morgan fingerprint density at radius 2 is 1.93 bits per heavy atom. The number of hydrogen-bond donors (Lipinski definition) is 1. The number of rotatable bonds is 8. The molecule has 9 nitrogen and oxygen atoms in total. The lowest BCUT2D eigenvalue weighted by atomic mass is 10.2. The number of benzene rings is 2. The number of nitro groups is 1. The first-order valence-electron chi connectivity index (χ1n) is 8.25. The molecule has 0 heterocycles. The summed E-state index contributed by atoms with van der Waals surface area (Å²) in [6, 6.07) is 11.0. The Balaban J connectivity index is 2.23. The molecule has 0 aliphatic rings. The number of ether oxygens (including phenoxy) is 1. The fourth-order valence-corrected chi connectivity index (χ4v) is 3.50. The van der Waals surface area contributed by atoms with Gasteiger partial charge in [-0.15, -0.1) is 0 Å². The van der Waals surface area contributed by atoms with E-state index < -0.39 is 27.4 Å². The molecule has 150 valence electrons. The molecular weight excluding hydrogens is 386 g/mol. The van der Waals surface area contributed by atoms with E-state index in [9.17, 15) is 23.3 Å². The van der Waals surface area contributed by atoms with Gasteiger partial charge in [-0.3, -0.25) is 19.2 Å². The van der Waals surface area contributed by atoms with E-state index in [0.29, 0.717) is 11.3 Å². The Morgan fingerprint density at radius 3 is 2.54 bits per heavy atom. The van der Waals surface area contributed by atoms with E-state index in [1.165, 1.54) is 19.2 Å².